The summed E-state index contributed by atoms with van der Waals surface area (Å²) in [6.07, 6.45) is 4.93. The van der Waals surface area contributed by atoms with E-state index in [0.717, 1.165) is 17.7 Å². The molecule has 3 heteroatoms. The molecule has 1 aliphatic carbocycles. The average molecular weight is 269 g/mol. The fourth-order valence-electron chi connectivity index (χ4n) is 2.99. The van der Waals surface area contributed by atoms with Crippen LogP contribution < -0.4 is 0 Å². The van der Waals surface area contributed by atoms with Crippen molar-refractivity contribution in [3.8, 4) is 0 Å². The molecule has 3 rings (SSSR count). The van der Waals surface area contributed by atoms with Gasteiger partial charge in [-0.15, -0.1) is 0 Å². The number of rotatable bonds is 2. The van der Waals surface area contributed by atoms with Gasteiger partial charge in [-0.25, -0.2) is 4.79 Å². The number of benzene rings is 1. The summed E-state index contributed by atoms with van der Waals surface area (Å²) in [7, 11) is 0. The molecule has 0 aromatic heterocycles. The van der Waals surface area contributed by atoms with Gasteiger partial charge in [0.15, 0.2) is 0 Å². The molecular weight excluding hydrogens is 250 g/mol. The molecule has 104 valence electrons. The van der Waals surface area contributed by atoms with Gasteiger partial charge in [0, 0.05) is 11.6 Å². The van der Waals surface area contributed by atoms with Crippen molar-refractivity contribution in [1.29, 1.82) is 0 Å². The second-order valence-electron chi connectivity index (χ2n) is 5.58. The molecule has 0 N–H and O–H groups in total. The van der Waals surface area contributed by atoms with Gasteiger partial charge in [0.05, 0.1) is 6.04 Å². The topological polar surface area (TPSA) is 29.5 Å². The highest BCUT2D eigenvalue weighted by Crippen LogP contribution is 2.37. The Morgan fingerprint density at radius 2 is 1.95 bits per heavy atom. The van der Waals surface area contributed by atoms with Crippen LogP contribution in [0.2, 0.25) is 0 Å². The predicted octanol–water partition coefficient (Wildman–Crippen LogP) is 4.05. The molecule has 1 fully saturated rings. The molecule has 3 nitrogen and oxygen atoms in total. The van der Waals surface area contributed by atoms with Crippen molar-refractivity contribution in [3.05, 3.63) is 59.3 Å². The predicted molar refractivity (Wildman–Crippen MR) is 78.0 cm³/mol. The van der Waals surface area contributed by atoms with Crippen LogP contribution in [0.1, 0.15) is 31.9 Å². The first-order valence-electron chi connectivity index (χ1n) is 7.05. The van der Waals surface area contributed by atoms with E-state index >= 15 is 0 Å². The van der Waals surface area contributed by atoms with E-state index in [1.807, 2.05) is 23.1 Å². The minimum Gasteiger partial charge on any atom is -0.447 e. The Labute approximate surface area is 119 Å². The SMILES string of the molecule is CC1=CC=C(N2C(=O)OC[C@H]2c2ccccc2)[C@@H](C)C1. The largest absolute Gasteiger partial charge is 0.447 e. The fourth-order valence-corrected chi connectivity index (χ4v) is 2.99. The minimum atomic E-state index is -0.232. The number of hydrogen-bond donors (Lipinski definition) is 0. The van der Waals surface area contributed by atoms with E-state index in [2.05, 4.69) is 38.1 Å². The van der Waals surface area contributed by atoms with E-state index in [-0.39, 0.29) is 12.1 Å². The van der Waals surface area contributed by atoms with E-state index in [1.165, 1.54) is 5.57 Å². The molecule has 20 heavy (non-hydrogen) atoms. The number of carbonyl (C=O) groups excluding carboxylic acids is 1. The average Bonchev–Trinajstić information content (AvgIpc) is 2.82. The summed E-state index contributed by atoms with van der Waals surface area (Å²) in [5.41, 5.74) is 3.54. The van der Waals surface area contributed by atoms with Crippen LogP contribution in [0.25, 0.3) is 0 Å². The van der Waals surface area contributed by atoms with Gasteiger partial charge in [-0.05, 0) is 25.0 Å². The summed E-state index contributed by atoms with van der Waals surface area (Å²) in [5, 5.41) is 0. The third kappa shape index (κ3) is 2.24. The van der Waals surface area contributed by atoms with Gasteiger partial charge in [0.1, 0.15) is 6.61 Å². The molecule has 2 aliphatic rings. The molecule has 0 bridgehead atoms. The minimum absolute atomic E-state index is 0.00999. The van der Waals surface area contributed by atoms with Crippen LogP contribution in [0.15, 0.2) is 53.8 Å². The van der Waals surface area contributed by atoms with Crippen LogP contribution in [0.5, 0.6) is 0 Å². The van der Waals surface area contributed by atoms with Gasteiger partial charge in [0.2, 0.25) is 0 Å². The zero-order chi connectivity index (χ0) is 14.1. The van der Waals surface area contributed by atoms with Crippen molar-refractivity contribution >= 4 is 6.09 Å². The second kappa shape index (κ2) is 5.16. The Bertz CT molecular complexity index is 574. The normalized spacial score (nSPS) is 26.1. The number of ether oxygens (including phenoxy) is 1. The molecule has 2 atom stereocenters. The zero-order valence-electron chi connectivity index (χ0n) is 11.9. The summed E-state index contributed by atoms with van der Waals surface area (Å²) in [6.45, 7) is 4.71. The Morgan fingerprint density at radius 1 is 1.20 bits per heavy atom. The van der Waals surface area contributed by atoms with Crippen LogP contribution in [-0.4, -0.2) is 17.6 Å². The van der Waals surface area contributed by atoms with Crippen molar-refractivity contribution in [1.82, 2.24) is 4.90 Å². The van der Waals surface area contributed by atoms with Gasteiger partial charge in [-0.3, -0.25) is 4.90 Å². The first-order chi connectivity index (χ1) is 9.66. The molecular formula is C17H19NO2. The molecule has 0 unspecified atom stereocenters. The lowest BCUT2D eigenvalue weighted by Crippen LogP contribution is -2.31. The van der Waals surface area contributed by atoms with Crippen LogP contribution in [0, 0.1) is 5.92 Å². The van der Waals surface area contributed by atoms with Gasteiger partial charge in [-0.1, -0.05) is 48.9 Å². The van der Waals surface area contributed by atoms with Gasteiger partial charge in [-0.2, -0.15) is 0 Å². The van der Waals surface area contributed by atoms with Crippen LogP contribution in [0.4, 0.5) is 4.79 Å². The smallest absolute Gasteiger partial charge is 0.414 e. The fraction of sp³-hybridized carbons (Fsp3) is 0.353. The van der Waals surface area contributed by atoms with E-state index in [1.54, 1.807) is 0 Å². The summed E-state index contributed by atoms with van der Waals surface area (Å²) in [5.74, 6) is 0.344. The Kier molecular flexibility index (Phi) is 3.35. The quantitative estimate of drug-likeness (QED) is 0.810. The van der Waals surface area contributed by atoms with Crippen LogP contribution in [-0.2, 0) is 4.74 Å². The monoisotopic (exact) mass is 269 g/mol. The molecule has 1 aliphatic heterocycles. The van der Waals surface area contributed by atoms with Crippen molar-refractivity contribution < 1.29 is 9.53 Å². The van der Waals surface area contributed by atoms with E-state index < -0.39 is 0 Å². The molecule has 0 radical (unpaired) electrons. The summed E-state index contributed by atoms with van der Waals surface area (Å²) >= 11 is 0. The Hall–Kier alpha value is -2.03. The molecule has 0 spiro atoms. The first-order valence-corrected chi connectivity index (χ1v) is 7.05. The first kappa shape index (κ1) is 13.0. The van der Waals surface area contributed by atoms with Crippen LogP contribution >= 0.6 is 0 Å². The maximum absolute atomic E-state index is 12.1. The summed E-state index contributed by atoms with van der Waals surface area (Å²) in [6, 6.07) is 10.1. The Morgan fingerprint density at radius 3 is 2.65 bits per heavy atom. The number of hydrogen-bond acceptors (Lipinski definition) is 2. The maximum Gasteiger partial charge on any atom is 0.414 e. The van der Waals surface area contributed by atoms with E-state index in [9.17, 15) is 4.79 Å². The van der Waals surface area contributed by atoms with Gasteiger partial charge < -0.3 is 4.74 Å². The lowest BCUT2D eigenvalue weighted by molar-refractivity contribution is 0.162. The van der Waals surface area contributed by atoms with Crippen molar-refractivity contribution in [2.24, 2.45) is 5.92 Å². The summed E-state index contributed by atoms with van der Waals surface area (Å²) < 4.78 is 5.29. The highest BCUT2D eigenvalue weighted by atomic mass is 16.6. The van der Waals surface area contributed by atoms with Crippen LogP contribution in [0.3, 0.4) is 0 Å². The highest BCUT2D eigenvalue weighted by molar-refractivity contribution is 5.73. The molecule has 1 saturated heterocycles. The number of amides is 1. The second-order valence-corrected chi connectivity index (χ2v) is 5.58. The third-order valence-corrected chi connectivity index (χ3v) is 4.01. The van der Waals surface area contributed by atoms with E-state index in [0.29, 0.717) is 12.5 Å². The molecule has 0 saturated carbocycles. The van der Waals surface area contributed by atoms with Crippen molar-refractivity contribution in [2.75, 3.05) is 6.61 Å². The molecule has 1 aromatic rings. The molecule has 1 heterocycles. The van der Waals surface area contributed by atoms with Crippen molar-refractivity contribution in [3.63, 3.8) is 0 Å². The standard InChI is InChI=1S/C17H19NO2/c1-12-8-9-15(13(2)10-12)18-16(11-20-17(18)19)14-6-4-3-5-7-14/h3-9,13,16H,10-11H2,1-2H3/t13-,16-/m0/s1. The lowest BCUT2D eigenvalue weighted by atomic mass is 9.91. The number of allylic oxidation sites excluding steroid dienone is 4. The van der Waals surface area contributed by atoms with E-state index in [4.69, 9.17) is 4.74 Å². The summed E-state index contributed by atoms with van der Waals surface area (Å²) in [4.78, 5) is 13.9. The van der Waals surface area contributed by atoms with Gasteiger partial charge in [0.25, 0.3) is 0 Å². The van der Waals surface area contributed by atoms with Gasteiger partial charge >= 0.3 is 6.09 Å². The maximum atomic E-state index is 12.1. The third-order valence-electron chi connectivity index (χ3n) is 4.01. The lowest BCUT2D eigenvalue weighted by Gasteiger charge is -2.30. The number of cyclic esters (lactones) is 1. The van der Waals surface area contributed by atoms with Crippen molar-refractivity contribution in [2.45, 2.75) is 26.3 Å². The number of carbonyl (C=O) groups is 1. The Balaban J connectivity index is 1.96. The highest BCUT2D eigenvalue weighted by Gasteiger charge is 2.38. The zero-order valence-corrected chi connectivity index (χ0v) is 11.9. The number of nitrogens with zero attached hydrogens (tertiary/aromatic N) is 1. The molecule has 1 amide bonds. The molecule has 1 aromatic carbocycles.